The number of nitrogens with two attached hydrogens (primary N) is 1. The molecule has 0 aliphatic heterocycles. The van der Waals surface area contributed by atoms with Gasteiger partial charge < -0.3 is 10.6 Å². The van der Waals surface area contributed by atoms with E-state index in [2.05, 4.69) is 18.7 Å². The largest absolute Gasteiger partial charge is 0.373 e. The number of likely N-dealkylation sites (N-methyl/N-ethyl adjacent to an activating group) is 1. The van der Waals surface area contributed by atoms with Crippen LogP contribution in [0.3, 0.4) is 0 Å². The predicted octanol–water partition coefficient (Wildman–Crippen LogP) is 2.78. The lowest BCUT2D eigenvalue weighted by Gasteiger charge is -2.33. The maximum atomic E-state index is 12.8. The molecule has 0 atom stereocenters. The molecule has 90 valence electrons. The number of nitrogens with zero attached hydrogens (tertiary/aromatic N) is 1. The molecule has 1 rings (SSSR count). The molecular formula is C13H21FN2. The predicted molar refractivity (Wildman–Crippen MR) is 67.2 cm³/mol. The zero-order valence-electron chi connectivity index (χ0n) is 10.3. The summed E-state index contributed by atoms with van der Waals surface area (Å²) in [6.45, 7) is 4.98. The second kappa shape index (κ2) is 5.30. The first-order chi connectivity index (χ1) is 7.50. The molecule has 2 N–H and O–H groups in total. The lowest BCUT2D eigenvalue weighted by Crippen LogP contribution is -2.48. The average molecular weight is 224 g/mol. The summed E-state index contributed by atoms with van der Waals surface area (Å²) < 4.78 is 12.8. The Bertz CT molecular complexity index is 317. The van der Waals surface area contributed by atoms with Gasteiger partial charge in [0.1, 0.15) is 5.82 Å². The van der Waals surface area contributed by atoms with Gasteiger partial charge in [0.25, 0.3) is 0 Å². The molecule has 0 fully saturated rings. The van der Waals surface area contributed by atoms with Gasteiger partial charge in [-0.3, -0.25) is 0 Å². The van der Waals surface area contributed by atoms with Crippen LogP contribution in [0.2, 0.25) is 0 Å². The Kier molecular flexibility index (Phi) is 4.30. The van der Waals surface area contributed by atoms with Crippen LogP contribution in [-0.4, -0.2) is 19.1 Å². The summed E-state index contributed by atoms with van der Waals surface area (Å²) >= 11 is 0. The van der Waals surface area contributed by atoms with Crippen molar-refractivity contribution in [3.63, 3.8) is 0 Å². The van der Waals surface area contributed by atoms with Gasteiger partial charge in [0, 0.05) is 24.8 Å². The van der Waals surface area contributed by atoms with Crippen molar-refractivity contribution in [3.05, 3.63) is 30.1 Å². The summed E-state index contributed by atoms with van der Waals surface area (Å²) in [6, 6.07) is 6.51. The third-order valence-electron chi connectivity index (χ3n) is 3.23. The molecule has 3 heteroatoms. The SMILES string of the molecule is CCC(N)(CC)CN(C)c1ccc(F)cc1. The highest BCUT2D eigenvalue weighted by molar-refractivity contribution is 5.45. The Labute approximate surface area is 97.3 Å². The molecule has 0 aliphatic rings. The van der Waals surface area contributed by atoms with Gasteiger partial charge >= 0.3 is 0 Å². The fraction of sp³-hybridized carbons (Fsp3) is 0.538. The van der Waals surface area contributed by atoms with Crippen LogP contribution in [0.5, 0.6) is 0 Å². The Balaban J connectivity index is 2.71. The van der Waals surface area contributed by atoms with Crippen LogP contribution >= 0.6 is 0 Å². The highest BCUT2D eigenvalue weighted by atomic mass is 19.1. The minimum absolute atomic E-state index is 0.164. The minimum atomic E-state index is -0.206. The van der Waals surface area contributed by atoms with Gasteiger partial charge in [-0.1, -0.05) is 13.8 Å². The lowest BCUT2D eigenvalue weighted by atomic mass is 9.93. The van der Waals surface area contributed by atoms with Gasteiger partial charge in [-0.05, 0) is 37.1 Å². The minimum Gasteiger partial charge on any atom is -0.373 e. The van der Waals surface area contributed by atoms with E-state index in [9.17, 15) is 4.39 Å². The second-order valence-electron chi connectivity index (χ2n) is 4.40. The van der Waals surface area contributed by atoms with Crippen LogP contribution in [0, 0.1) is 5.82 Å². The van der Waals surface area contributed by atoms with Crippen molar-refractivity contribution in [1.29, 1.82) is 0 Å². The van der Waals surface area contributed by atoms with Gasteiger partial charge in [0.05, 0.1) is 0 Å². The van der Waals surface area contributed by atoms with E-state index < -0.39 is 0 Å². The topological polar surface area (TPSA) is 29.3 Å². The highest BCUT2D eigenvalue weighted by Gasteiger charge is 2.22. The van der Waals surface area contributed by atoms with Crippen LogP contribution in [0.4, 0.5) is 10.1 Å². The van der Waals surface area contributed by atoms with Crippen LogP contribution < -0.4 is 10.6 Å². The van der Waals surface area contributed by atoms with E-state index in [0.29, 0.717) is 0 Å². The number of rotatable bonds is 5. The molecule has 0 aromatic heterocycles. The molecule has 16 heavy (non-hydrogen) atoms. The van der Waals surface area contributed by atoms with Crippen molar-refractivity contribution in [2.75, 3.05) is 18.5 Å². The summed E-state index contributed by atoms with van der Waals surface area (Å²) in [6.07, 6.45) is 1.88. The van der Waals surface area contributed by atoms with Crippen molar-refractivity contribution >= 4 is 5.69 Å². The van der Waals surface area contributed by atoms with Crippen molar-refractivity contribution in [1.82, 2.24) is 0 Å². The number of anilines is 1. The van der Waals surface area contributed by atoms with Crippen molar-refractivity contribution in [2.24, 2.45) is 5.73 Å². The molecule has 0 aliphatic carbocycles. The van der Waals surface area contributed by atoms with E-state index in [1.165, 1.54) is 12.1 Å². The Morgan fingerprint density at radius 2 is 1.69 bits per heavy atom. The van der Waals surface area contributed by atoms with E-state index in [4.69, 9.17) is 5.73 Å². The molecule has 0 bridgehead atoms. The standard InChI is InChI=1S/C13H21FN2/c1-4-13(15,5-2)10-16(3)12-8-6-11(14)7-9-12/h6-9H,4-5,10,15H2,1-3H3. The van der Waals surface area contributed by atoms with E-state index >= 15 is 0 Å². The second-order valence-corrected chi connectivity index (χ2v) is 4.40. The van der Waals surface area contributed by atoms with Crippen molar-refractivity contribution < 1.29 is 4.39 Å². The lowest BCUT2D eigenvalue weighted by molar-refractivity contribution is 0.400. The molecule has 0 saturated carbocycles. The first-order valence-corrected chi connectivity index (χ1v) is 5.76. The van der Waals surface area contributed by atoms with Crippen LogP contribution in [0.15, 0.2) is 24.3 Å². The maximum absolute atomic E-state index is 12.8. The zero-order valence-corrected chi connectivity index (χ0v) is 10.3. The summed E-state index contributed by atoms with van der Waals surface area (Å²) in [5.41, 5.74) is 7.08. The van der Waals surface area contributed by atoms with Crippen LogP contribution in [0.25, 0.3) is 0 Å². The fourth-order valence-electron chi connectivity index (χ4n) is 1.73. The van der Waals surface area contributed by atoms with Crippen LogP contribution in [0.1, 0.15) is 26.7 Å². The molecule has 2 nitrogen and oxygen atoms in total. The molecule has 1 aromatic rings. The summed E-state index contributed by atoms with van der Waals surface area (Å²) in [5, 5.41) is 0. The molecule has 0 saturated heterocycles. The fourth-order valence-corrected chi connectivity index (χ4v) is 1.73. The number of hydrogen-bond acceptors (Lipinski definition) is 2. The molecule has 0 heterocycles. The van der Waals surface area contributed by atoms with E-state index in [-0.39, 0.29) is 11.4 Å². The quantitative estimate of drug-likeness (QED) is 0.833. The molecule has 0 unspecified atom stereocenters. The smallest absolute Gasteiger partial charge is 0.123 e. The van der Waals surface area contributed by atoms with Gasteiger partial charge in [-0.25, -0.2) is 4.39 Å². The summed E-state index contributed by atoms with van der Waals surface area (Å²) in [5.74, 6) is -0.206. The third-order valence-corrected chi connectivity index (χ3v) is 3.23. The number of benzene rings is 1. The Morgan fingerprint density at radius 3 is 2.12 bits per heavy atom. The zero-order chi connectivity index (χ0) is 12.2. The normalized spacial score (nSPS) is 11.6. The molecule has 0 spiro atoms. The summed E-state index contributed by atoms with van der Waals surface area (Å²) in [7, 11) is 1.99. The van der Waals surface area contributed by atoms with Crippen LogP contribution in [-0.2, 0) is 0 Å². The first-order valence-electron chi connectivity index (χ1n) is 5.76. The number of hydrogen-bond donors (Lipinski definition) is 1. The van der Waals surface area contributed by atoms with Crippen molar-refractivity contribution in [2.45, 2.75) is 32.2 Å². The van der Waals surface area contributed by atoms with Crippen molar-refractivity contribution in [3.8, 4) is 0 Å². The third kappa shape index (κ3) is 3.20. The molecule has 0 amide bonds. The van der Waals surface area contributed by atoms with E-state index in [1.54, 1.807) is 12.1 Å². The average Bonchev–Trinajstić information content (AvgIpc) is 2.29. The van der Waals surface area contributed by atoms with E-state index in [1.807, 2.05) is 7.05 Å². The Hall–Kier alpha value is -1.09. The maximum Gasteiger partial charge on any atom is 0.123 e. The van der Waals surface area contributed by atoms with Gasteiger partial charge in [-0.15, -0.1) is 0 Å². The highest BCUT2D eigenvalue weighted by Crippen LogP contribution is 2.18. The van der Waals surface area contributed by atoms with E-state index in [0.717, 1.165) is 25.1 Å². The molecule has 1 aromatic carbocycles. The van der Waals surface area contributed by atoms with Gasteiger partial charge in [0.2, 0.25) is 0 Å². The monoisotopic (exact) mass is 224 g/mol. The number of halogens is 1. The first kappa shape index (κ1) is 13.0. The van der Waals surface area contributed by atoms with Gasteiger partial charge in [-0.2, -0.15) is 0 Å². The summed E-state index contributed by atoms with van der Waals surface area (Å²) in [4.78, 5) is 2.08. The van der Waals surface area contributed by atoms with Gasteiger partial charge in [0.15, 0.2) is 0 Å². The molecule has 0 radical (unpaired) electrons. The molecular weight excluding hydrogens is 203 g/mol. The Morgan fingerprint density at radius 1 is 1.19 bits per heavy atom.